The van der Waals surface area contributed by atoms with Crippen LogP contribution in [-0.4, -0.2) is 46.3 Å². The first-order chi connectivity index (χ1) is 17.3. The topological polar surface area (TPSA) is 136 Å². The Hall–Kier alpha value is -3.84. The molecule has 1 fully saturated rings. The van der Waals surface area contributed by atoms with Gasteiger partial charge < -0.3 is 24.8 Å². The monoisotopic (exact) mass is 518 g/mol. The van der Waals surface area contributed by atoms with Gasteiger partial charge in [0.15, 0.2) is 23.1 Å². The molecule has 36 heavy (non-hydrogen) atoms. The Kier molecular flexibility index (Phi) is 7.60. The second-order valence-electron chi connectivity index (χ2n) is 8.03. The van der Waals surface area contributed by atoms with Gasteiger partial charge in [0.2, 0.25) is 11.7 Å². The van der Waals surface area contributed by atoms with Gasteiger partial charge in [-0.2, -0.15) is 18.1 Å². The van der Waals surface area contributed by atoms with E-state index in [1.165, 1.54) is 21.3 Å². The first kappa shape index (κ1) is 25.3. The van der Waals surface area contributed by atoms with E-state index in [1.807, 2.05) is 0 Å². The van der Waals surface area contributed by atoms with Crippen molar-refractivity contribution in [3.05, 3.63) is 48.4 Å². The van der Waals surface area contributed by atoms with Crippen molar-refractivity contribution in [2.24, 2.45) is 5.92 Å². The van der Waals surface area contributed by atoms with Gasteiger partial charge in [-0.25, -0.2) is 9.37 Å². The lowest BCUT2D eigenvalue weighted by Gasteiger charge is -2.15. The van der Waals surface area contributed by atoms with E-state index in [0.29, 0.717) is 46.8 Å². The number of methoxy groups -OCH3 is 3. The highest BCUT2D eigenvalue weighted by Crippen LogP contribution is 2.40. The van der Waals surface area contributed by atoms with E-state index in [9.17, 15) is 12.8 Å². The average molecular weight is 519 g/mol. The molecule has 4 rings (SSSR count). The van der Waals surface area contributed by atoms with E-state index in [-0.39, 0.29) is 11.8 Å². The number of benzene rings is 2. The summed E-state index contributed by atoms with van der Waals surface area (Å²) in [5.41, 5.74) is 1.41. The molecule has 13 heteroatoms. The Balaban J connectivity index is 1.45. The number of anilines is 5. The summed E-state index contributed by atoms with van der Waals surface area (Å²) in [6, 6.07) is 9.67. The van der Waals surface area contributed by atoms with Crippen molar-refractivity contribution in [3.63, 3.8) is 0 Å². The predicted molar refractivity (Wildman–Crippen MR) is 134 cm³/mol. The second kappa shape index (κ2) is 10.8. The standard InChI is InChI=1S/C23H27FN6O5S/c1-33-19-10-17(11-20(34-2)21(19)35-3)28-23-25-13-18(24)22(29-23)27-15-6-8-16(9-7-15)30-36(31,32)26-12-14-4-5-14/h6-11,13-14,26,30H,4-5,12H2,1-3H3,(H2,25,27,28,29). The van der Waals surface area contributed by atoms with Crippen molar-refractivity contribution in [1.82, 2.24) is 14.7 Å². The van der Waals surface area contributed by atoms with Crippen molar-refractivity contribution < 1.29 is 27.0 Å². The van der Waals surface area contributed by atoms with Crippen molar-refractivity contribution in [1.29, 1.82) is 0 Å². The maximum atomic E-state index is 14.4. The minimum absolute atomic E-state index is 0.0700. The third-order valence-electron chi connectivity index (χ3n) is 5.32. The highest BCUT2D eigenvalue weighted by atomic mass is 32.2. The summed E-state index contributed by atoms with van der Waals surface area (Å²) in [6.45, 7) is 0.425. The van der Waals surface area contributed by atoms with Gasteiger partial charge in [0.25, 0.3) is 10.2 Å². The predicted octanol–water partition coefficient (Wildman–Crippen LogP) is 3.79. The molecular weight excluding hydrogens is 491 g/mol. The molecule has 0 aliphatic heterocycles. The Morgan fingerprint density at radius 1 is 0.944 bits per heavy atom. The fraction of sp³-hybridized carbons (Fsp3) is 0.304. The maximum Gasteiger partial charge on any atom is 0.299 e. The van der Waals surface area contributed by atoms with Gasteiger partial charge in [0.1, 0.15) is 0 Å². The van der Waals surface area contributed by atoms with Crippen LogP contribution < -0.4 is 34.3 Å². The molecule has 3 aromatic rings. The molecule has 192 valence electrons. The summed E-state index contributed by atoms with van der Waals surface area (Å²) in [7, 11) is 0.846. The lowest BCUT2D eigenvalue weighted by molar-refractivity contribution is 0.324. The number of nitrogens with one attached hydrogen (secondary N) is 4. The highest BCUT2D eigenvalue weighted by Gasteiger charge is 2.23. The summed E-state index contributed by atoms with van der Waals surface area (Å²) in [6.07, 6.45) is 3.12. The van der Waals surface area contributed by atoms with Crippen LogP contribution in [0.1, 0.15) is 12.8 Å². The molecule has 11 nitrogen and oxygen atoms in total. The molecule has 0 bridgehead atoms. The van der Waals surface area contributed by atoms with Crippen LogP contribution in [-0.2, 0) is 10.2 Å². The molecule has 0 spiro atoms. The van der Waals surface area contributed by atoms with Crippen LogP contribution in [0.5, 0.6) is 17.2 Å². The van der Waals surface area contributed by atoms with Crippen LogP contribution in [0, 0.1) is 11.7 Å². The van der Waals surface area contributed by atoms with Crippen molar-refractivity contribution in [2.75, 3.05) is 43.2 Å². The highest BCUT2D eigenvalue weighted by molar-refractivity contribution is 7.90. The molecule has 4 N–H and O–H groups in total. The zero-order chi connectivity index (χ0) is 25.7. The fourth-order valence-corrected chi connectivity index (χ4v) is 4.27. The van der Waals surface area contributed by atoms with Crippen molar-refractivity contribution >= 4 is 39.0 Å². The third kappa shape index (κ3) is 6.43. The number of aromatic nitrogens is 2. The zero-order valence-electron chi connectivity index (χ0n) is 20.0. The van der Waals surface area contributed by atoms with Gasteiger partial charge in [-0.1, -0.05) is 0 Å². The Morgan fingerprint density at radius 2 is 1.58 bits per heavy atom. The molecule has 1 saturated carbocycles. The largest absolute Gasteiger partial charge is 0.493 e. The van der Waals surface area contributed by atoms with E-state index in [0.717, 1.165) is 19.0 Å². The molecule has 0 saturated heterocycles. The second-order valence-corrected chi connectivity index (χ2v) is 9.53. The summed E-state index contributed by atoms with van der Waals surface area (Å²) in [5.74, 6) is 1.09. The van der Waals surface area contributed by atoms with E-state index in [2.05, 4.69) is 30.0 Å². The number of nitrogens with zero attached hydrogens (tertiary/aromatic N) is 2. The van der Waals surface area contributed by atoms with E-state index < -0.39 is 16.0 Å². The molecule has 0 amide bonds. The average Bonchev–Trinajstić information content (AvgIpc) is 3.70. The summed E-state index contributed by atoms with van der Waals surface area (Å²) in [5, 5.41) is 5.86. The van der Waals surface area contributed by atoms with Crippen molar-refractivity contribution in [2.45, 2.75) is 12.8 Å². The summed E-state index contributed by atoms with van der Waals surface area (Å²) < 4.78 is 59.6. The molecule has 0 atom stereocenters. The number of rotatable bonds is 12. The van der Waals surface area contributed by atoms with Crippen LogP contribution in [0.4, 0.5) is 33.2 Å². The molecule has 0 radical (unpaired) electrons. The van der Waals surface area contributed by atoms with Gasteiger partial charge >= 0.3 is 0 Å². The fourth-order valence-electron chi connectivity index (χ4n) is 3.30. The SMILES string of the molecule is COc1cc(Nc2ncc(F)c(Nc3ccc(NS(=O)(=O)NCC4CC4)cc3)n2)cc(OC)c1OC. The molecule has 0 unspecified atom stereocenters. The summed E-state index contributed by atoms with van der Waals surface area (Å²) >= 11 is 0. The molecule has 2 aromatic carbocycles. The minimum Gasteiger partial charge on any atom is -0.493 e. The number of halogens is 1. The van der Waals surface area contributed by atoms with E-state index in [1.54, 1.807) is 36.4 Å². The zero-order valence-corrected chi connectivity index (χ0v) is 20.8. The molecule has 1 aromatic heterocycles. The Bertz CT molecular complexity index is 1290. The molecule has 1 heterocycles. The third-order valence-corrected chi connectivity index (χ3v) is 6.37. The Labute approximate surface area is 208 Å². The van der Waals surface area contributed by atoms with Crippen molar-refractivity contribution in [3.8, 4) is 17.2 Å². The van der Waals surface area contributed by atoms with Crippen LogP contribution in [0.2, 0.25) is 0 Å². The van der Waals surface area contributed by atoms with Gasteiger partial charge in [-0.3, -0.25) is 4.72 Å². The van der Waals surface area contributed by atoms with Crippen LogP contribution in [0.15, 0.2) is 42.6 Å². The first-order valence-electron chi connectivity index (χ1n) is 11.0. The van der Waals surface area contributed by atoms with Crippen LogP contribution in [0.25, 0.3) is 0 Å². The molecular formula is C23H27FN6O5S. The normalized spacial score (nSPS) is 13.1. The molecule has 1 aliphatic rings. The van der Waals surface area contributed by atoms with Crippen LogP contribution in [0.3, 0.4) is 0 Å². The minimum atomic E-state index is -3.65. The smallest absolute Gasteiger partial charge is 0.299 e. The molecule has 1 aliphatic carbocycles. The quantitative estimate of drug-likeness (QED) is 0.282. The Morgan fingerprint density at radius 3 is 2.17 bits per heavy atom. The van der Waals surface area contributed by atoms with Crippen LogP contribution >= 0.6 is 0 Å². The van der Waals surface area contributed by atoms with Gasteiger partial charge in [-0.15, -0.1) is 0 Å². The number of hydrogen-bond donors (Lipinski definition) is 4. The number of hydrogen-bond acceptors (Lipinski definition) is 9. The number of ether oxygens (including phenoxy) is 3. The lowest BCUT2D eigenvalue weighted by Crippen LogP contribution is -2.31. The van der Waals surface area contributed by atoms with Gasteiger partial charge in [0.05, 0.1) is 27.5 Å². The maximum absolute atomic E-state index is 14.4. The first-order valence-corrected chi connectivity index (χ1v) is 12.5. The van der Waals surface area contributed by atoms with E-state index >= 15 is 0 Å². The van der Waals surface area contributed by atoms with Gasteiger partial charge in [-0.05, 0) is 43.0 Å². The lowest BCUT2D eigenvalue weighted by atomic mass is 10.2. The van der Waals surface area contributed by atoms with E-state index in [4.69, 9.17) is 14.2 Å². The van der Waals surface area contributed by atoms with Gasteiger partial charge in [0, 0.05) is 35.7 Å². The summed E-state index contributed by atoms with van der Waals surface area (Å²) in [4.78, 5) is 8.19.